The lowest BCUT2D eigenvalue weighted by atomic mass is 10.0. The number of aromatic nitrogens is 5. The van der Waals surface area contributed by atoms with Gasteiger partial charge in [0.15, 0.2) is 16.5 Å². The molecular weight excluding hydrogens is 866 g/mol. The number of anilines is 1. The Balaban J connectivity index is 1.25. The van der Waals surface area contributed by atoms with E-state index in [2.05, 4.69) is 98.6 Å². The summed E-state index contributed by atoms with van der Waals surface area (Å²) in [6, 6.07) is 28.2. The van der Waals surface area contributed by atoms with Crippen LogP contribution in [0.3, 0.4) is 0 Å². The van der Waals surface area contributed by atoms with Crippen molar-refractivity contribution in [3.63, 3.8) is 0 Å². The van der Waals surface area contributed by atoms with Crippen molar-refractivity contribution in [3.05, 3.63) is 138 Å². The molecule has 0 unspecified atom stereocenters. The summed E-state index contributed by atoms with van der Waals surface area (Å²) in [6.07, 6.45) is 6.08. The fourth-order valence-corrected chi connectivity index (χ4v) is 14.2. The molecule has 7 aromatic rings. The molecule has 4 aromatic heterocycles. The Morgan fingerprint density at radius 2 is 1.55 bits per heavy atom. The number of rotatable bonds is 16. The van der Waals surface area contributed by atoms with E-state index in [1.165, 1.54) is 19.5 Å². The summed E-state index contributed by atoms with van der Waals surface area (Å²) >= 11 is 6.01. The minimum atomic E-state index is -4.47. The first-order valence-electron chi connectivity index (χ1n) is 20.0. The van der Waals surface area contributed by atoms with Crippen LogP contribution in [0.2, 0.25) is 35.7 Å². The van der Waals surface area contributed by atoms with Gasteiger partial charge in [-0.15, -0.1) is 0 Å². The summed E-state index contributed by atoms with van der Waals surface area (Å²) in [5.74, 6) is -1.74. The molecule has 0 amide bonds. The number of fused-ring (bicyclic) bond motifs is 1. The number of hydrogen-bond donors (Lipinski definition) is 1. The monoisotopic (exact) mass is 914 g/mol. The highest BCUT2D eigenvalue weighted by atomic mass is 35.5. The van der Waals surface area contributed by atoms with Gasteiger partial charge in [0.1, 0.15) is 24.6 Å². The lowest BCUT2D eigenvalue weighted by molar-refractivity contribution is 0.0838. The molecule has 0 radical (unpaired) electrons. The molecule has 0 saturated carbocycles. The van der Waals surface area contributed by atoms with Crippen LogP contribution >= 0.6 is 11.6 Å². The van der Waals surface area contributed by atoms with Crippen molar-refractivity contribution >= 4 is 59.6 Å². The minimum Gasteiger partial charge on any atom is -0.480 e. The van der Waals surface area contributed by atoms with Crippen molar-refractivity contribution in [2.45, 2.75) is 69.7 Å². The highest BCUT2D eigenvalue weighted by Gasteiger charge is 2.50. The number of nitrogens with zero attached hydrogens (tertiary/aromatic N) is 5. The van der Waals surface area contributed by atoms with Crippen molar-refractivity contribution in [2.24, 2.45) is 0 Å². The highest BCUT2D eigenvalue weighted by Crippen LogP contribution is 2.38. The summed E-state index contributed by atoms with van der Waals surface area (Å²) in [5, 5.41) is 2.08. The molecule has 11 nitrogen and oxygen atoms in total. The predicted molar refractivity (Wildman–Crippen MR) is 245 cm³/mol. The highest BCUT2D eigenvalue weighted by molar-refractivity contribution is 7.92. The van der Waals surface area contributed by atoms with Crippen LogP contribution in [-0.2, 0) is 32.5 Å². The molecule has 1 N–H and O–H groups in total. The standard InChI is InChI=1S/C45H49ClF2N6O5SSi2/c1-45(2,3)62(34-14-10-8-11-15-34,35-16-12-9-13-17-35)59-28-33-26-49-43(54(33)30-58-22-23-61(5,6)7)42-38-21-18-31(27-53(38)29-51-42)40-36(47)19-20-37(41(40)48)52-60(55,56)39-24-32(46)25-50-44(39)57-4/h8-21,24-27,29,52H,22-23,28,30H2,1-7H3. The number of methoxy groups -OCH3 is 1. The number of halogens is 3. The number of sulfonamides is 1. The topological polar surface area (TPSA) is 122 Å². The van der Waals surface area contributed by atoms with Gasteiger partial charge in [-0.25, -0.2) is 32.2 Å². The van der Waals surface area contributed by atoms with Crippen molar-refractivity contribution in [3.8, 4) is 28.5 Å². The molecule has 0 saturated heterocycles. The first kappa shape index (κ1) is 44.8. The molecule has 0 aliphatic carbocycles. The number of hydrogen-bond acceptors (Lipinski definition) is 8. The lowest BCUT2D eigenvalue weighted by Gasteiger charge is -2.43. The Hall–Kier alpha value is -5.24. The summed E-state index contributed by atoms with van der Waals surface area (Å²) in [5.41, 5.74) is 1.14. The van der Waals surface area contributed by atoms with Crippen LogP contribution in [0.4, 0.5) is 14.5 Å². The maximum Gasteiger partial charge on any atom is 0.267 e. The van der Waals surface area contributed by atoms with E-state index >= 15 is 8.78 Å². The van der Waals surface area contributed by atoms with E-state index in [4.69, 9.17) is 35.5 Å². The largest absolute Gasteiger partial charge is 0.480 e. The smallest absolute Gasteiger partial charge is 0.267 e. The van der Waals surface area contributed by atoms with Gasteiger partial charge in [0, 0.05) is 32.6 Å². The van der Waals surface area contributed by atoms with E-state index in [1.807, 2.05) is 16.7 Å². The average Bonchev–Trinajstić information content (AvgIpc) is 3.84. The van der Waals surface area contributed by atoms with Crippen LogP contribution in [0.15, 0.2) is 121 Å². The van der Waals surface area contributed by atoms with E-state index in [0.29, 0.717) is 23.6 Å². The molecule has 0 fully saturated rings. The second-order valence-electron chi connectivity index (χ2n) is 17.2. The van der Waals surface area contributed by atoms with Crippen LogP contribution in [0.1, 0.15) is 26.5 Å². The summed E-state index contributed by atoms with van der Waals surface area (Å²) in [6.45, 7) is 14.6. The Kier molecular flexibility index (Phi) is 12.9. The maximum atomic E-state index is 16.2. The fraction of sp³-hybridized carbons (Fsp3) is 0.267. The van der Waals surface area contributed by atoms with E-state index in [1.54, 1.807) is 29.1 Å². The molecule has 0 aliphatic rings. The number of pyridine rings is 2. The van der Waals surface area contributed by atoms with Crippen LogP contribution in [-0.4, -0.2) is 62.4 Å². The Morgan fingerprint density at radius 1 is 0.871 bits per heavy atom. The van der Waals surface area contributed by atoms with E-state index in [0.717, 1.165) is 40.3 Å². The Labute approximate surface area is 367 Å². The van der Waals surface area contributed by atoms with E-state index < -0.39 is 54.2 Å². The van der Waals surface area contributed by atoms with E-state index in [9.17, 15) is 8.42 Å². The molecule has 324 valence electrons. The summed E-state index contributed by atoms with van der Waals surface area (Å²) < 4.78 is 83.0. The molecule has 0 bridgehead atoms. The van der Waals surface area contributed by atoms with Crippen molar-refractivity contribution in [1.82, 2.24) is 23.9 Å². The maximum absolute atomic E-state index is 16.2. The zero-order chi connectivity index (χ0) is 44.5. The second-order valence-corrected chi connectivity index (χ2v) is 29.2. The third kappa shape index (κ3) is 9.12. The van der Waals surface area contributed by atoms with Crippen LogP contribution in [0.5, 0.6) is 5.88 Å². The number of ether oxygens (including phenoxy) is 2. The molecule has 7 rings (SSSR count). The zero-order valence-corrected chi connectivity index (χ0v) is 39.2. The normalized spacial score (nSPS) is 12.5. The third-order valence-corrected chi connectivity index (χ3v) is 18.9. The Morgan fingerprint density at radius 3 is 2.18 bits per heavy atom. The zero-order valence-electron chi connectivity index (χ0n) is 35.6. The van der Waals surface area contributed by atoms with Gasteiger partial charge >= 0.3 is 0 Å². The van der Waals surface area contributed by atoms with Crippen LogP contribution in [0.25, 0.3) is 28.2 Å². The lowest BCUT2D eigenvalue weighted by Crippen LogP contribution is -2.66. The van der Waals surface area contributed by atoms with Gasteiger partial charge in [-0.2, -0.15) is 0 Å². The van der Waals surface area contributed by atoms with E-state index in [-0.39, 0.29) is 34.8 Å². The van der Waals surface area contributed by atoms with Crippen LogP contribution < -0.4 is 19.8 Å². The molecule has 0 aliphatic heterocycles. The molecule has 0 atom stereocenters. The van der Waals surface area contributed by atoms with Gasteiger partial charge in [0.05, 0.1) is 47.4 Å². The van der Waals surface area contributed by atoms with Crippen molar-refractivity contribution in [2.75, 3.05) is 18.4 Å². The summed E-state index contributed by atoms with van der Waals surface area (Å²) in [7, 11) is -7.54. The Bertz CT molecular complexity index is 2780. The summed E-state index contributed by atoms with van der Waals surface area (Å²) in [4.78, 5) is 13.1. The van der Waals surface area contributed by atoms with Gasteiger partial charge in [-0.1, -0.05) is 119 Å². The van der Waals surface area contributed by atoms with Crippen molar-refractivity contribution in [1.29, 1.82) is 0 Å². The van der Waals surface area contributed by atoms with Crippen molar-refractivity contribution < 1.29 is 31.1 Å². The van der Waals surface area contributed by atoms with Gasteiger partial charge < -0.3 is 22.9 Å². The SMILES string of the molecule is COc1ncc(Cl)cc1S(=O)(=O)Nc1ccc(F)c(-c2ccc3c(-c4ncc(CO[Si](c5ccccc5)(c5ccccc5)C(C)(C)C)n4COCC[Si](C)(C)C)ncn3c2)c1F. The molecule has 17 heteroatoms. The molecule has 4 heterocycles. The number of imidazole rings is 2. The third-order valence-electron chi connectivity index (χ3n) is 10.6. The van der Waals surface area contributed by atoms with Gasteiger partial charge in [-0.05, 0) is 45.7 Å². The molecular formula is C45H49ClF2N6O5SSi2. The van der Waals surface area contributed by atoms with Gasteiger partial charge in [0.25, 0.3) is 18.3 Å². The first-order valence-corrected chi connectivity index (χ1v) is 27.5. The average molecular weight is 916 g/mol. The molecule has 62 heavy (non-hydrogen) atoms. The molecule has 0 spiro atoms. The fourth-order valence-electron chi connectivity index (χ4n) is 7.51. The second kappa shape index (κ2) is 17.9. The van der Waals surface area contributed by atoms with Crippen LogP contribution in [0, 0.1) is 11.6 Å². The molecule has 3 aromatic carbocycles. The predicted octanol–water partition coefficient (Wildman–Crippen LogP) is 9.39. The number of nitrogens with one attached hydrogen (secondary N) is 1. The van der Waals surface area contributed by atoms with Gasteiger partial charge in [-0.3, -0.25) is 4.72 Å². The quantitative estimate of drug-likeness (QED) is 0.0753. The number of benzene rings is 3. The minimum absolute atomic E-state index is 0.0244. The van der Waals surface area contributed by atoms with Gasteiger partial charge in [0.2, 0.25) is 5.88 Å². The first-order chi connectivity index (χ1) is 29.4.